The number of carbonyl (C=O) groups is 1. The third-order valence-electron chi connectivity index (χ3n) is 5.04. The number of aryl methyl sites for hydroxylation is 1. The van der Waals surface area contributed by atoms with Gasteiger partial charge in [0.15, 0.2) is 5.78 Å². The molecule has 0 N–H and O–H groups in total. The number of carbonyl (C=O) groups excluding carboxylic acids is 1. The Morgan fingerprint density at radius 3 is 2.78 bits per heavy atom. The summed E-state index contributed by atoms with van der Waals surface area (Å²) < 4.78 is 32.7. The highest BCUT2D eigenvalue weighted by Crippen LogP contribution is 2.31. The first-order valence-electron chi connectivity index (χ1n) is 10.2. The van der Waals surface area contributed by atoms with Crippen LogP contribution in [0.5, 0.6) is 5.75 Å². The van der Waals surface area contributed by atoms with Gasteiger partial charge in [0, 0.05) is 12.1 Å². The molecule has 0 saturated heterocycles. The Bertz CT molecular complexity index is 1240. The zero-order valence-electron chi connectivity index (χ0n) is 17.8. The highest BCUT2D eigenvalue weighted by Gasteiger charge is 2.25. The van der Waals surface area contributed by atoms with E-state index in [4.69, 9.17) is 4.74 Å². The first-order valence-corrected chi connectivity index (χ1v) is 13.0. The molecule has 2 aromatic carbocycles. The molecule has 0 fully saturated rings. The SMILES string of the molecule is CCOc1ccccc1-n1nnnc1SCC(=O)c1ccc2c(c1)CCCN2S(C)(=O)=O. The molecule has 168 valence electrons. The van der Waals surface area contributed by atoms with E-state index in [1.54, 1.807) is 22.9 Å². The molecule has 0 bridgehead atoms. The average Bonchev–Trinajstić information content (AvgIpc) is 3.25. The number of hydrogen-bond donors (Lipinski definition) is 0. The molecule has 9 nitrogen and oxygen atoms in total. The fraction of sp³-hybridized carbons (Fsp3) is 0.333. The van der Waals surface area contributed by atoms with E-state index in [0.29, 0.717) is 41.0 Å². The van der Waals surface area contributed by atoms with Crippen molar-refractivity contribution in [2.45, 2.75) is 24.9 Å². The van der Waals surface area contributed by atoms with Gasteiger partial charge >= 0.3 is 0 Å². The van der Waals surface area contributed by atoms with Crippen molar-refractivity contribution in [1.82, 2.24) is 20.2 Å². The summed E-state index contributed by atoms with van der Waals surface area (Å²) in [5, 5.41) is 12.3. The van der Waals surface area contributed by atoms with Gasteiger partial charge in [-0.2, -0.15) is 4.68 Å². The second-order valence-corrected chi connectivity index (χ2v) is 10.1. The van der Waals surface area contributed by atoms with Crippen LogP contribution in [0, 0.1) is 0 Å². The number of nitrogens with zero attached hydrogens (tertiary/aromatic N) is 5. The molecule has 2 heterocycles. The number of benzene rings is 2. The number of ketones is 1. The molecule has 0 amide bonds. The summed E-state index contributed by atoms with van der Waals surface area (Å²) in [6.45, 7) is 2.87. The summed E-state index contributed by atoms with van der Waals surface area (Å²) in [5.41, 5.74) is 2.76. The first kappa shape index (κ1) is 22.3. The van der Waals surface area contributed by atoms with Gasteiger partial charge in [0.25, 0.3) is 0 Å². The van der Waals surface area contributed by atoms with E-state index in [0.717, 1.165) is 18.4 Å². The number of aromatic nitrogens is 4. The van der Waals surface area contributed by atoms with Crippen LogP contribution in [0.3, 0.4) is 0 Å². The lowest BCUT2D eigenvalue weighted by Crippen LogP contribution is -2.34. The van der Waals surface area contributed by atoms with Gasteiger partial charge in [-0.3, -0.25) is 9.10 Å². The van der Waals surface area contributed by atoms with Crippen molar-refractivity contribution in [3.63, 3.8) is 0 Å². The average molecular weight is 474 g/mol. The molecule has 11 heteroatoms. The molecule has 32 heavy (non-hydrogen) atoms. The summed E-state index contributed by atoms with van der Waals surface area (Å²) >= 11 is 1.24. The minimum atomic E-state index is -3.34. The fourth-order valence-electron chi connectivity index (χ4n) is 3.62. The second-order valence-electron chi connectivity index (χ2n) is 7.27. The molecule has 1 aliphatic rings. The number of fused-ring (bicyclic) bond motifs is 1. The van der Waals surface area contributed by atoms with Crippen LogP contribution >= 0.6 is 11.8 Å². The summed E-state index contributed by atoms with van der Waals surface area (Å²) in [5.74, 6) is 0.716. The Morgan fingerprint density at radius 2 is 2.00 bits per heavy atom. The van der Waals surface area contributed by atoms with Gasteiger partial charge in [0.05, 0.1) is 24.3 Å². The number of tetrazole rings is 1. The summed E-state index contributed by atoms with van der Waals surface area (Å²) in [7, 11) is -3.34. The van der Waals surface area contributed by atoms with Crippen molar-refractivity contribution >= 4 is 33.3 Å². The molecular weight excluding hydrogens is 450 g/mol. The van der Waals surface area contributed by atoms with Crippen molar-refractivity contribution in [3.8, 4) is 11.4 Å². The Labute approximate surface area is 190 Å². The summed E-state index contributed by atoms with van der Waals surface area (Å²) in [4.78, 5) is 12.9. The lowest BCUT2D eigenvalue weighted by molar-refractivity contribution is 0.102. The molecule has 0 saturated carbocycles. The van der Waals surface area contributed by atoms with Gasteiger partial charge in [0.2, 0.25) is 15.2 Å². The first-order chi connectivity index (χ1) is 15.4. The van der Waals surface area contributed by atoms with E-state index in [1.807, 2.05) is 31.2 Å². The normalized spacial score (nSPS) is 13.6. The molecule has 0 radical (unpaired) electrons. The van der Waals surface area contributed by atoms with Crippen molar-refractivity contribution < 1.29 is 17.9 Å². The molecule has 0 aliphatic carbocycles. The van der Waals surface area contributed by atoms with E-state index in [2.05, 4.69) is 15.5 Å². The highest BCUT2D eigenvalue weighted by atomic mass is 32.2. The maximum Gasteiger partial charge on any atom is 0.232 e. The Balaban J connectivity index is 1.51. The standard InChI is InChI=1S/C21H23N5O4S2/c1-3-30-20-9-5-4-8-18(20)26-21(22-23-24-26)31-14-19(27)16-10-11-17-15(13-16)7-6-12-25(17)32(2,28)29/h4-5,8-11,13H,3,6-7,12,14H2,1-2H3. The van der Waals surface area contributed by atoms with Crippen LogP contribution in [-0.2, 0) is 16.4 Å². The lowest BCUT2D eigenvalue weighted by Gasteiger charge is -2.29. The molecule has 0 atom stereocenters. The van der Waals surface area contributed by atoms with Crippen molar-refractivity contribution in [2.24, 2.45) is 0 Å². The summed E-state index contributed by atoms with van der Waals surface area (Å²) in [6, 6.07) is 12.6. The zero-order valence-corrected chi connectivity index (χ0v) is 19.4. The van der Waals surface area contributed by atoms with Crippen LogP contribution in [0.2, 0.25) is 0 Å². The van der Waals surface area contributed by atoms with Crippen LogP contribution in [-0.4, -0.2) is 59.6 Å². The number of anilines is 1. The zero-order chi connectivity index (χ0) is 22.7. The molecule has 3 aromatic rings. The number of rotatable bonds is 8. The number of hydrogen-bond acceptors (Lipinski definition) is 8. The number of para-hydroxylation sites is 2. The van der Waals surface area contributed by atoms with Crippen LogP contribution < -0.4 is 9.04 Å². The minimum Gasteiger partial charge on any atom is -0.492 e. The van der Waals surface area contributed by atoms with E-state index in [-0.39, 0.29) is 11.5 Å². The molecule has 4 rings (SSSR count). The maximum absolute atomic E-state index is 12.9. The predicted molar refractivity (Wildman–Crippen MR) is 122 cm³/mol. The van der Waals surface area contributed by atoms with Crippen LogP contribution in [0.4, 0.5) is 5.69 Å². The maximum atomic E-state index is 12.9. The van der Waals surface area contributed by atoms with E-state index < -0.39 is 10.0 Å². The third-order valence-corrected chi connectivity index (χ3v) is 7.14. The largest absolute Gasteiger partial charge is 0.492 e. The van der Waals surface area contributed by atoms with E-state index >= 15 is 0 Å². The van der Waals surface area contributed by atoms with E-state index in [9.17, 15) is 13.2 Å². The fourth-order valence-corrected chi connectivity index (χ4v) is 5.40. The monoisotopic (exact) mass is 473 g/mol. The van der Waals surface area contributed by atoms with Gasteiger partial charge in [0.1, 0.15) is 11.4 Å². The Hall–Kier alpha value is -2.92. The van der Waals surface area contributed by atoms with Gasteiger partial charge in [-0.15, -0.1) is 5.10 Å². The van der Waals surface area contributed by atoms with Crippen LogP contribution in [0.1, 0.15) is 29.3 Å². The van der Waals surface area contributed by atoms with Gasteiger partial charge in [-0.25, -0.2) is 8.42 Å². The molecule has 0 spiro atoms. The topological polar surface area (TPSA) is 107 Å². The lowest BCUT2D eigenvalue weighted by atomic mass is 9.99. The molecule has 0 unspecified atom stereocenters. The van der Waals surface area contributed by atoms with Gasteiger partial charge in [-0.1, -0.05) is 23.9 Å². The molecular formula is C21H23N5O4S2. The number of sulfonamides is 1. The minimum absolute atomic E-state index is 0.0816. The smallest absolute Gasteiger partial charge is 0.232 e. The van der Waals surface area contributed by atoms with Crippen LogP contribution in [0.15, 0.2) is 47.6 Å². The highest BCUT2D eigenvalue weighted by molar-refractivity contribution is 7.99. The predicted octanol–water partition coefficient (Wildman–Crippen LogP) is 2.75. The number of thioether (sulfide) groups is 1. The van der Waals surface area contributed by atoms with Crippen molar-refractivity contribution in [3.05, 3.63) is 53.6 Å². The van der Waals surface area contributed by atoms with Crippen LogP contribution in [0.25, 0.3) is 5.69 Å². The number of ether oxygens (including phenoxy) is 1. The summed E-state index contributed by atoms with van der Waals surface area (Å²) in [6.07, 6.45) is 2.66. The van der Waals surface area contributed by atoms with Crippen molar-refractivity contribution in [2.75, 3.05) is 29.5 Å². The van der Waals surface area contributed by atoms with Crippen molar-refractivity contribution in [1.29, 1.82) is 0 Å². The second kappa shape index (κ2) is 9.29. The Kier molecular flexibility index (Phi) is 6.47. The molecule has 1 aliphatic heterocycles. The molecule has 1 aromatic heterocycles. The van der Waals surface area contributed by atoms with Gasteiger partial charge in [-0.05, 0) is 66.1 Å². The quantitative estimate of drug-likeness (QED) is 0.363. The van der Waals surface area contributed by atoms with E-state index in [1.165, 1.54) is 22.3 Å². The number of Topliss-reactive ketones (excluding diaryl/α,β-unsaturated/α-hetero) is 1. The van der Waals surface area contributed by atoms with Gasteiger partial charge < -0.3 is 4.74 Å². The third kappa shape index (κ3) is 4.63. The Morgan fingerprint density at radius 1 is 1.19 bits per heavy atom.